The number of hydrazine groups is 1. The zero-order valence-electron chi connectivity index (χ0n) is 13.0. The van der Waals surface area contributed by atoms with Crippen LogP contribution < -0.4 is 20.9 Å². The Bertz CT molecular complexity index is 714. The molecule has 7 nitrogen and oxygen atoms in total. The van der Waals surface area contributed by atoms with Gasteiger partial charge in [0.15, 0.2) is 0 Å². The van der Waals surface area contributed by atoms with Crippen molar-refractivity contribution in [2.24, 2.45) is 0 Å². The molecule has 0 fully saturated rings. The zero-order chi connectivity index (χ0) is 17.4. The first-order valence-corrected chi connectivity index (χ1v) is 7.16. The summed E-state index contributed by atoms with van der Waals surface area (Å²) in [6, 6.07) is 14.9. The van der Waals surface area contributed by atoms with Crippen LogP contribution in [0.3, 0.4) is 0 Å². The highest BCUT2D eigenvalue weighted by Crippen LogP contribution is 2.10. The standard InChI is InChI=1S/C17H17N3O4/c1-24-14-9-7-13(8-10-14)17(23)20-19-15(21)11-18-16(22)12-5-3-2-4-6-12/h2-10H,11H2,1H3,(H,18,22)(H,19,21)(H,20,23). The first-order chi connectivity index (χ1) is 11.6. The van der Waals surface area contributed by atoms with Crippen molar-refractivity contribution in [1.29, 1.82) is 0 Å². The normalized spacial score (nSPS) is 9.71. The lowest BCUT2D eigenvalue weighted by Gasteiger charge is -2.09. The van der Waals surface area contributed by atoms with E-state index in [1.54, 1.807) is 54.6 Å². The minimum atomic E-state index is -0.541. The van der Waals surface area contributed by atoms with Crippen molar-refractivity contribution < 1.29 is 19.1 Å². The Morgan fingerprint density at radius 1 is 0.833 bits per heavy atom. The molecule has 3 N–H and O–H groups in total. The zero-order valence-corrected chi connectivity index (χ0v) is 13.0. The molecule has 7 heteroatoms. The molecule has 3 amide bonds. The smallest absolute Gasteiger partial charge is 0.269 e. The van der Waals surface area contributed by atoms with Crippen molar-refractivity contribution in [2.75, 3.05) is 13.7 Å². The lowest BCUT2D eigenvalue weighted by molar-refractivity contribution is -0.120. The summed E-state index contributed by atoms with van der Waals surface area (Å²) in [5.41, 5.74) is 5.32. The average Bonchev–Trinajstić information content (AvgIpc) is 2.64. The molecule has 0 saturated heterocycles. The van der Waals surface area contributed by atoms with E-state index >= 15 is 0 Å². The van der Waals surface area contributed by atoms with E-state index in [-0.39, 0.29) is 12.5 Å². The number of hydrogen-bond acceptors (Lipinski definition) is 4. The van der Waals surface area contributed by atoms with Gasteiger partial charge in [0.2, 0.25) is 0 Å². The van der Waals surface area contributed by atoms with Gasteiger partial charge in [0.25, 0.3) is 17.7 Å². The van der Waals surface area contributed by atoms with Crippen LogP contribution in [0.2, 0.25) is 0 Å². The summed E-state index contributed by atoms with van der Waals surface area (Å²) in [5.74, 6) is -0.757. The van der Waals surface area contributed by atoms with Crippen LogP contribution in [-0.4, -0.2) is 31.4 Å². The van der Waals surface area contributed by atoms with Crippen molar-refractivity contribution in [1.82, 2.24) is 16.2 Å². The van der Waals surface area contributed by atoms with Crippen molar-refractivity contribution >= 4 is 17.7 Å². The Morgan fingerprint density at radius 2 is 1.46 bits per heavy atom. The van der Waals surface area contributed by atoms with E-state index in [1.807, 2.05) is 0 Å². The monoisotopic (exact) mass is 327 g/mol. The SMILES string of the molecule is COc1ccc(C(=O)NNC(=O)CNC(=O)c2ccccc2)cc1. The molecule has 0 aliphatic carbocycles. The van der Waals surface area contributed by atoms with E-state index in [2.05, 4.69) is 16.2 Å². The molecule has 0 heterocycles. The molecule has 0 bridgehead atoms. The van der Waals surface area contributed by atoms with Gasteiger partial charge in [-0.25, -0.2) is 0 Å². The number of rotatable bonds is 5. The number of carbonyl (C=O) groups is 3. The van der Waals surface area contributed by atoms with Gasteiger partial charge < -0.3 is 10.1 Å². The molecule has 124 valence electrons. The first-order valence-electron chi connectivity index (χ1n) is 7.16. The summed E-state index contributed by atoms with van der Waals surface area (Å²) in [4.78, 5) is 35.3. The largest absolute Gasteiger partial charge is 0.497 e. The summed E-state index contributed by atoms with van der Waals surface area (Å²) < 4.78 is 5.00. The molecular weight excluding hydrogens is 310 g/mol. The second-order valence-corrected chi connectivity index (χ2v) is 4.78. The summed E-state index contributed by atoms with van der Waals surface area (Å²) >= 11 is 0. The average molecular weight is 327 g/mol. The Labute approximate surface area is 139 Å². The van der Waals surface area contributed by atoms with Crippen molar-refractivity contribution in [3.8, 4) is 5.75 Å². The minimum Gasteiger partial charge on any atom is -0.497 e. The highest BCUT2D eigenvalue weighted by atomic mass is 16.5. The maximum atomic E-state index is 11.9. The third kappa shape index (κ3) is 4.84. The summed E-state index contributed by atoms with van der Waals surface area (Å²) in [7, 11) is 1.53. The number of methoxy groups -OCH3 is 1. The molecule has 0 aliphatic rings. The highest BCUT2D eigenvalue weighted by molar-refractivity contribution is 5.98. The van der Waals surface area contributed by atoms with Gasteiger partial charge in [-0.3, -0.25) is 25.2 Å². The number of benzene rings is 2. The Hall–Kier alpha value is -3.35. The fourth-order valence-corrected chi connectivity index (χ4v) is 1.84. The topological polar surface area (TPSA) is 96.5 Å². The molecule has 0 unspecified atom stereocenters. The van der Waals surface area contributed by atoms with Crippen molar-refractivity contribution in [3.63, 3.8) is 0 Å². The van der Waals surface area contributed by atoms with Crippen LogP contribution in [0.4, 0.5) is 0 Å². The van der Waals surface area contributed by atoms with Gasteiger partial charge in [0.1, 0.15) is 5.75 Å². The molecule has 0 aliphatic heterocycles. The molecular formula is C17H17N3O4. The lowest BCUT2D eigenvalue weighted by Crippen LogP contribution is -2.46. The second kappa shape index (κ2) is 8.33. The lowest BCUT2D eigenvalue weighted by atomic mass is 10.2. The molecule has 0 spiro atoms. The fraction of sp³-hybridized carbons (Fsp3) is 0.118. The van der Waals surface area contributed by atoms with Gasteiger partial charge in [-0.05, 0) is 36.4 Å². The van der Waals surface area contributed by atoms with Gasteiger partial charge in [-0.1, -0.05) is 18.2 Å². The van der Waals surface area contributed by atoms with E-state index in [4.69, 9.17) is 4.74 Å². The van der Waals surface area contributed by atoms with E-state index < -0.39 is 11.8 Å². The Balaban J connectivity index is 1.76. The van der Waals surface area contributed by atoms with Crippen molar-refractivity contribution in [2.45, 2.75) is 0 Å². The van der Waals surface area contributed by atoms with E-state index in [1.165, 1.54) is 7.11 Å². The molecule has 0 aromatic heterocycles. The maximum Gasteiger partial charge on any atom is 0.269 e. The Morgan fingerprint density at radius 3 is 2.08 bits per heavy atom. The number of hydrogen-bond donors (Lipinski definition) is 3. The van der Waals surface area contributed by atoms with Crippen LogP contribution in [0, 0.1) is 0 Å². The first kappa shape index (κ1) is 17.0. The van der Waals surface area contributed by atoms with Crippen LogP contribution in [0.1, 0.15) is 20.7 Å². The highest BCUT2D eigenvalue weighted by Gasteiger charge is 2.09. The van der Waals surface area contributed by atoms with E-state index in [0.717, 1.165) is 0 Å². The molecule has 0 atom stereocenters. The summed E-state index contributed by atoms with van der Waals surface area (Å²) in [6.45, 7) is -0.253. The van der Waals surface area contributed by atoms with Gasteiger partial charge in [-0.15, -0.1) is 0 Å². The van der Waals surface area contributed by atoms with Gasteiger partial charge in [-0.2, -0.15) is 0 Å². The van der Waals surface area contributed by atoms with Crippen LogP contribution in [0.25, 0.3) is 0 Å². The molecule has 24 heavy (non-hydrogen) atoms. The molecule has 0 radical (unpaired) electrons. The van der Waals surface area contributed by atoms with Gasteiger partial charge in [0.05, 0.1) is 13.7 Å². The Kier molecular flexibility index (Phi) is 5.90. The van der Waals surface area contributed by atoms with Crippen LogP contribution in [-0.2, 0) is 4.79 Å². The predicted molar refractivity (Wildman–Crippen MR) is 87.4 cm³/mol. The van der Waals surface area contributed by atoms with E-state index in [9.17, 15) is 14.4 Å². The van der Waals surface area contributed by atoms with Crippen molar-refractivity contribution in [3.05, 3.63) is 65.7 Å². The third-order valence-electron chi connectivity index (χ3n) is 3.11. The van der Waals surface area contributed by atoms with E-state index in [0.29, 0.717) is 16.9 Å². The number of ether oxygens (including phenoxy) is 1. The number of carbonyl (C=O) groups excluding carboxylic acids is 3. The summed E-state index contributed by atoms with van der Waals surface area (Å²) in [5, 5.41) is 2.46. The number of nitrogens with one attached hydrogen (secondary N) is 3. The minimum absolute atomic E-state index is 0.253. The second-order valence-electron chi connectivity index (χ2n) is 4.78. The fourth-order valence-electron chi connectivity index (χ4n) is 1.84. The van der Waals surface area contributed by atoms with Crippen LogP contribution in [0.15, 0.2) is 54.6 Å². The van der Waals surface area contributed by atoms with Crippen LogP contribution in [0.5, 0.6) is 5.75 Å². The van der Waals surface area contributed by atoms with Gasteiger partial charge in [0, 0.05) is 11.1 Å². The maximum absolute atomic E-state index is 11.9. The third-order valence-corrected chi connectivity index (χ3v) is 3.11. The number of amides is 3. The molecule has 2 aromatic carbocycles. The molecule has 2 aromatic rings. The van der Waals surface area contributed by atoms with Gasteiger partial charge >= 0.3 is 0 Å². The van der Waals surface area contributed by atoms with Crippen LogP contribution >= 0.6 is 0 Å². The predicted octanol–water partition coefficient (Wildman–Crippen LogP) is 0.886. The molecule has 2 rings (SSSR count). The summed E-state index contributed by atoms with van der Waals surface area (Å²) in [6.07, 6.45) is 0. The quantitative estimate of drug-likeness (QED) is 0.711. The molecule has 0 saturated carbocycles.